The Labute approximate surface area is 102 Å². The van der Waals surface area contributed by atoms with E-state index in [0.717, 1.165) is 17.8 Å². The molecule has 0 radical (unpaired) electrons. The molecule has 1 aromatic rings. The van der Waals surface area contributed by atoms with Crippen LogP contribution in [0.25, 0.3) is 0 Å². The molecule has 2 aliphatic rings. The smallest absolute Gasteiger partial charge is 0.251 e. The van der Waals surface area contributed by atoms with Crippen LogP contribution >= 0.6 is 0 Å². The Bertz CT molecular complexity index is 500. The van der Waals surface area contributed by atoms with Crippen LogP contribution in [0.3, 0.4) is 0 Å². The summed E-state index contributed by atoms with van der Waals surface area (Å²) >= 11 is 0. The van der Waals surface area contributed by atoms with Crippen LogP contribution in [-0.4, -0.2) is 15.7 Å². The molecule has 90 valence electrons. The third-order valence-corrected chi connectivity index (χ3v) is 4.36. The number of carbonyl (C=O) groups is 1. The number of aryl methyl sites for hydroxylation is 2. The van der Waals surface area contributed by atoms with Gasteiger partial charge in [0.1, 0.15) is 0 Å². The minimum atomic E-state index is 0.128. The van der Waals surface area contributed by atoms with Gasteiger partial charge in [0, 0.05) is 11.6 Å². The van der Waals surface area contributed by atoms with Crippen molar-refractivity contribution in [1.82, 2.24) is 9.78 Å². The van der Waals surface area contributed by atoms with Crippen molar-refractivity contribution < 1.29 is 4.79 Å². The fourth-order valence-corrected chi connectivity index (χ4v) is 3.47. The lowest BCUT2D eigenvalue weighted by Gasteiger charge is -2.23. The lowest BCUT2D eigenvalue weighted by Crippen LogP contribution is -2.31. The highest BCUT2D eigenvalue weighted by atomic mass is 16.2. The number of rotatable bonds is 1. The van der Waals surface area contributed by atoms with Gasteiger partial charge < -0.3 is 0 Å². The average molecular weight is 230 g/mol. The molecule has 3 nitrogen and oxygen atoms in total. The van der Waals surface area contributed by atoms with E-state index in [1.54, 1.807) is 4.68 Å². The molecule has 0 amide bonds. The van der Waals surface area contributed by atoms with E-state index >= 15 is 0 Å². The number of nitrogens with zero attached hydrogens (tertiary/aromatic N) is 2. The van der Waals surface area contributed by atoms with E-state index in [1.165, 1.54) is 0 Å². The molecule has 0 spiro atoms. The van der Waals surface area contributed by atoms with Crippen molar-refractivity contribution in [1.29, 1.82) is 0 Å². The minimum absolute atomic E-state index is 0.128. The molecule has 1 aromatic heterocycles. The van der Waals surface area contributed by atoms with Gasteiger partial charge in [0.2, 0.25) is 0 Å². The summed E-state index contributed by atoms with van der Waals surface area (Å²) in [6.45, 7) is 6.08. The van der Waals surface area contributed by atoms with Crippen LogP contribution in [0.5, 0.6) is 0 Å². The molecule has 0 aromatic carbocycles. The monoisotopic (exact) mass is 230 g/mol. The lowest BCUT2D eigenvalue weighted by molar-refractivity contribution is 0.0756. The van der Waals surface area contributed by atoms with Crippen molar-refractivity contribution in [3.05, 3.63) is 29.6 Å². The predicted octanol–water partition coefficient (Wildman–Crippen LogP) is 2.60. The summed E-state index contributed by atoms with van der Waals surface area (Å²) in [6.07, 6.45) is 5.65. The van der Waals surface area contributed by atoms with Gasteiger partial charge in [0.05, 0.1) is 5.69 Å². The molecular formula is C14H18N2O. The maximum Gasteiger partial charge on any atom is 0.251 e. The first-order valence-electron chi connectivity index (χ1n) is 6.33. The summed E-state index contributed by atoms with van der Waals surface area (Å²) in [4.78, 5) is 12.5. The standard InChI is InChI=1S/C14H18N2O/c1-8-6-9(2)16(15-8)14(17)13-10(3)11-4-5-12(13)7-11/h4-6,10-13H,7H2,1-3H3/t10-,11+,12-,13+/m1/s1. The van der Waals surface area contributed by atoms with Crippen molar-refractivity contribution in [2.45, 2.75) is 27.2 Å². The van der Waals surface area contributed by atoms with Crippen LogP contribution < -0.4 is 0 Å². The molecule has 1 saturated carbocycles. The van der Waals surface area contributed by atoms with Crippen LogP contribution in [0, 0.1) is 37.5 Å². The zero-order valence-corrected chi connectivity index (χ0v) is 10.6. The van der Waals surface area contributed by atoms with Gasteiger partial charge in [0.15, 0.2) is 0 Å². The number of allylic oxidation sites excluding steroid dienone is 2. The largest absolute Gasteiger partial charge is 0.272 e. The maximum atomic E-state index is 12.5. The Kier molecular flexibility index (Phi) is 2.25. The van der Waals surface area contributed by atoms with Gasteiger partial charge in [-0.15, -0.1) is 0 Å². The van der Waals surface area contributed by atoms with E-state index < -0.39 is 0 Å². The second-order valence-electron chi connectivity index (χ2n) is 5.51. The van der Waals surface area contributed by atoms with Gasteiger partial charge in [-0.25, -0.2) is 4.68 Å². The van der Waals surface area contributed by atoms with Crippen molar-refractivity contribution >= 4 is 5.91 Å². The first kappa shape index (κ1) is 10.8. The minimum Gasteiger partial charge on any atom is -0.272 e. The summed E-state index contributed by atoms with van der Waals surface area (Å²) < 4.78 is 1.60. The lowest BCUT2D eigenvalue weighted by atomic mass is 9.84. The average Bonchev–Trinajstić information content (AvgIpc) is 2.92. The molecule has 0 aliphatic heterocycles. The molecule has 0 saturated heterocycles. The summed E-state index contributed by atoms with van der Waals surface area (Å²) in [7, 11) is 0. The van der Waals surface area contributed by atoms with Crippen molar-refractivity contribution in [2.75, 3.05) is 0 Å². The fourth-order valence-electron chi connectivity index (χ4n) is 3.47. The Morgan fingerprint density at radius 1 is 1.35 bits per heavy atom. The molecule has 4 atom stereocenters. The van der Waals surface area contributed by atoms with Crippen molar-refractivity contribution in [3.63, 3.8) is 0 Å². The van der Waals surface area contributed by atoms with Crippen LogP contribution in [-0.2, 0) is 0 Å². The van der Waals surface area contributed by atoms with Crippen LogP contribution in [0.2, 0.25) is 0 Å². The molecule has 0 unspecified atom stereocenters. The van der Waals surface area contributed by atoms with Gasteiger partial charge in [-0.3, -0.25) is 4.79 Å². The van der Waals surface area contributed by atoms with Gasteiger partial charge in [-0.2, -0.15) is 5.10 Å². The van der Waals surface area contributed by atoms with Gasteiger partial charge in [-0.1, -0.05) is 19.1 Å². The summed E-state index contributed by atoms with van der Waals surface area (Å²) in [5.41, 5.74) is 1.87. The molecule has 2 bridgehead atoms. The first-order valence-corrected chi connectivity index (χ1v) is 6.33. The molecule has 3 rings (SSSR count). The second-order valence-corrected chi connectivity index (χ2v) is 5.51. The highest BCUT2D eigenvalue weighted by molar-refractivity contribution is 5.82. The Balaban J connectivity index is 1.93. The fraction of sp³-hybridized carbons (Fsp3) is 0.571. The molecule has 2 aliphatic carbocycles. The van der Waals surface area contributed by atoms with E-state index in [9.17, 15) is 4.79 Å². The summed E-state index contributed by atoms with van der Waals surface area (Å²) in [6, 6.07) is 1.96. The van der Waals surface area contributed by atoms with Gasteiger partial charge >= 0.3 is 0 Å². The van der Waals surface area contributed by atoms with Crippen LogP contribution in [0.15, 0.2) is 18.2 Å². The Hall–Kier alpha value is -1.38. The quantitative estimate of drug-likeness (QED) is 0.695. The highest BCUT2D eigenvalue weighted by Gasteiger charge is 2.46. The van der Waals surface area contributed by atoms with E-state index in [1.807, 2.05) is 19.9 Å². The van der Waals surface area contributed by atoms with E-state index in [-0.39, 0.29) is 11.8 Å². The SMILES string of the molecule is Cc1cc(C)n(C(=O)[C@H]2[C@H](C)[C@H]3C=C[C@@H]2C3)n1. The number of hydrogen-bond donors (Lipinski definition) is 0. The molecule has 3 heteroatoms. The van der Waals surface area contributed by atoms with E-state index in [4.69, 9.17) is 0 Å². The molecular weight excluding hydrogens is 212 g/mol. The second kappa shape index (κ2) is 3.56. The van der Waals surface area contributed by atoms with Gasteiger partial charge in [-0.05, 0) is 44.1 Å². The molecule has 1 fully saturated rings. The normalized spacial score (nSPS) is 34.5. The van der Waals surface area contributed by atoms with E-state index in [2.05, 4.69) is 24.2 Å². The van der Waals surface area contributed by atoms with E-state index in [0.29, 0.717) is 17.8 Å². The van der Waals surface area contributed by atoms with Crippen LogP contribution in [0.4, 0.5) is 0 Å². The summed E-state index contributed by atoms with van der Waals surface area (Å²) in [5.74, 6) is 1.81. The highest BCUT2D eigenvalue weighted by Crippen LogP contribution is 2.48. The zero-order chi connectivity index (χ0) is 12.2. The molecule has 0 N–H and O–H groups in total. The topological polar surface area (TPSA) is 34.9 Å². The number of aromatic nitrogens is 2. The summed E-state index contributed by atoms with van der Waals surface area (Å²) in [5, 5.41) is 4.32. The zero-order valence-electron chi connectivity index (χ0n) is 10.6. The predicted molar refractivity (Wildman–Crippen MR) is 65.7 cm³/mol. The maximum absolute atomic E-state index is 12.5. The first-order chi connectivity index (χ1) is 8.08. The third-order valence-electron chi connectivity index (χ3n) is 4.36. The Morgan fingerprint density at radius 3 is 2.59 bits per heavy atom. The number of hydrogen-bond acceptors (Lipinski definition) is 2. The van der Waals surface area contributed by atoms with Gasteiger partial charge in [0.25, 0.3) is 5.91 Å². The van der Waals surface area contributed by atoms with Crippen molar-refractivity contribution in [2.24, 2.45) is 23.7 Å². The van der Waals surface area contributed by atoms with Crippen molar-refractivity contribution in [3.8, 4) is 0 Å². The number of carbonyl (C=O) groups excluding carboxylic acids is 1. The Morgan fingerprint density at radius 2 is 2.06 bits per heavy atom. The van der Waals surface area contributed by atoms with Crippen LogP contribution in [0.1, 0.15) is 29.5 Å². The third kappa shape index (κ3) is 1.48. The molecule has 17 heavy (non-hydrogen) atoms. The molecule has 1 heterocycles. The number of fused-ring (bicyclic) bond motifs is 2.